The number of nitrogens with one attached hydrogen (secondary N) is 1. The highest BCUT2D eigenvalue weighted by atomic mass is 32.1. The monoisotopic (exact) mass is 295 g/mol. The fourth-order valence-corrected chi connectivity index (χ4v) is 3.87. The van der Waals surface area contributed by atoms with E-state index in [1.807, 2.05) is 5.38 Å². The summed E-state index contributed by atoms with van der Waals surface area (Å²) in [5.74, 6) is 0.0708. The average molecular weight is 295 g/mol. The summed E-state index contributed by atoms with van der Waals surface area (Å²) in [6.07, 6.45) is 6.35. The van der Waals surface area contributed by atoms with E-state index in [2.05, 4.69) is 19.2 Å². The van der Waals surface area contributed by atoms with Gasteiger partial charge in [-0.25, -0.2) is 0 Å². The van der Waals surface area contributed by atoms with Gasteiger partial charge in [0.15, 0.2) is 0 Å². The zero-order valence-corrected chi connectivity index (χ0v) is 13.3. The quantitative estimate of drug-likeness (QED) is 0.847. The summed E-state index contributed by atoms with van der Waals surface area (Å²) >= 11 is 1.73. The van der Waals surface area contributed by atoms with Crippen LogP contribution in [0.2, 0.25) is 0 Å². The van der Waals surface area contributed by atoms with Crippen molar-refractivity contribution in [3.63, 3.8) is 0 Å². The van der Waals surface area contributed by atoms with Crippen LogP contribution in [0.4, 0.5) is 0 Å². The lowest BCUT2D eigenvalue weighted by Gasteiger charge is -2.24. The average Bonchev–Trinajstić information content (AvgIpc) is 2.87. The van der Waals surface area contributed by atoms with E-state index < -0.39 is 0 Å². The van der Waals surface area contributed by atoms with Crippen LogP contribution in [-0.2, 0) is 12.8 Å². The minimum atomic E-state index is 0.0362. The number of rotatable bonds is 6. The third-order valence-corrected chi connectivity index (χ3v) is 5.13. The van der Waals surface area contributed by atoms with Crippen LogP contribution in [0.25, 0.3) is 0 Å². The lowest BCUT2D eigenvalue weighted by molar-refractivity contribution is 0.0932. The second-order valence-corrected chi connectivity index (χ2v) is 7.40. The van der Waals surface area contributed by atoms with Crippen molar-refractivity contribution in [3.8, 4) is 0 Å². The Morgan fingerprint density at radius 3 is 2.90 bits per heavy atom. The Morgan fingerprint density at radius 2 is 2.15 bits per heavy atom. The standard InChI is InChI=1S/C16H25NO2S/c1-16(2,8-5-9-18)11-17-15(19)13-10-20-14-7-4-3-6-12(13)14/h10,18H,3-9,11H2,1-2H3,(H,17,19). The number of carbonyl (C=O) groups excluding carboxylic acids is 1. The van der Waals surface area contributed by atoms with E-state index in [1.54, 1.807) is 11.3 Å². The van der Waals surface area contributed by atoms with E-state index in [4.69, 9.17) is 5.11 Å². The van der Waals surface area contributed by atoms with Crippen LogP contribution in [0.5, 0.6) is 0 Å². The number of aliphatic hydroxyl groups is 1. The molecule has 2 N–H and O–H groups in total. The summed E-state index contributed by atoms with van der Waals surface area (Å²) < 4.78 is 0. The van der Waals surface area contributed by atoms with Crippen molar-refractivity contribution < 1.29 is 9.90 Å². The van der Waals surface area contributed by atoms with Gasteiger partial charge in [-0.15, -0.1) is 11.3 Å². The molecule has 1 aliphatic rings. The first kappa shape index (κ1) is 15.5. The number of carbonyl (C=O) groups is 1. The normalized spacial score (nSPS) is 14.9. The largest absolute Gasteiger partial charge is 0.396 e. The first-order chi connectivity index (χ1) is 9.53. The van der Waals surface area contributed by atoms with Crippen LogP contribution < -0.4 is 5.32 Å². The van der Waals surface area contributed by atoms with E-state index in [0.717, 1.165) is 31.2 Å². The highest BCUT2D eigenvalue weighted by Gasteiger charge is 2.22. The molecule has 0 aliphatic heterocycles. The number of fused-ring (bicyclic) bond motifs is 1. The lowest BCUT2D eigenvalue weighted by atomic mass is 9.87. The summed E-state index contributed by atoms with van der Waals surface area (Å²) in [6.45, 7) is 5.14. The van der Waals surface area contributed by atoms with Gasteiger partial charge < -0.3 is 10.4 Å². The van der Waals surface area contributed by atoms with Crippen molar-refractivity contribution >= 4 is 17.2 Å². The number of aliphatic hydroxyl groups excluding tert-OH is 1. The summed E-state index contributed by atoms with van der Waals surface area (Å²) in [6, 6.07) is 0. The third-order valence-electron chi connectivity index (χ3n) is 4.05. The van der Waals surface area contributed by atoms with E-state index in [9.17, 15) is 4.79 Å². The molecule has 0 saturated heterocycles. The lowest BCUT2D eigenvalue weighted by Crippen LogP contribution is -2.34. The number of aryl methyl sites for hydroxylation is 1. The number of thiophene rings is 1. The van der Waals surface area contributed by atoms with Crippen LogP contribution in [0.3, 0.4) is 0 Å². The van der Waals surface area contributed by atoms with Crippen molar-refractivity contribution in [1.29, 1.82) is 0 Å². The molecule has 3 nitrogen and oxygen atoms in total. The van der Waals surface area contributed by atoms with Crippen LogP contribution in [-0.4, -0.2) is 24.2 Å². The molecule has 1 amide bonds. The third kappa shape index (κ3) is 3.83. The van der Waals surface area contributed by atoms with Crippen molar-refractivity contribution in [1.82, 2.24) is 5.32 Å². The van der Waals surface area contributed by atoms with Gasteiger partial charge in [0.25, 0.3) is 5.91 Å². The summed E-state index contributed by atoms with van der Waals surface area (Å²) in [5, 5.41) is 14.0. The van der Waals surface area contributed by atoms with Gasteiger partial charge in [-0.1, -0.05) is 13.8 Å². The van der Waals surface area contributed by atoms with E-state index in [1.165, 1.54) is 23.3 Å². The Kier molecular flexibility index (Phi) is 5.22. The van der Waals surface area contributed by atoms with Gasteiger partial charge in [-0.3, -0.25) is 4.79 Å². The maximum absolute atomic E-state index is 12.3. The Balaban J connectivity index is 1.93. The van der Waals surface area contributed by atoms with Gasteiger partial charge in [0.2, 0.25) is 0 Å². The van der Waals surface area contributed by atoms with Crippen molar-refractivity contribution in [2.45, 2.75) is 52.4 Å². The number of amides is 1. The zero-order chi connectivity index (χ0) is 14.6. The maximum atomic E-state index is 12.3. The zero-order valence-electron chi connectivity index (χ0n) is 12.5. The van der Waals surface area contributed by atoms with Crippen LogP contribution in [0, 0.1) is 5.41 Å². The molecular formula is C16H25NO2S. The molecule has 0 radical (unpaired) electrons. The van der Waals surface area contributed by atoms with Gasteiger partial charge >= 0.3 is 0 Å². The van der Waals surface area contributed by atoms with Gasteiger partial charge in [-0.05, 0) is 49.5 Å². The van der Waals surface area contributed by atoms with E-state index >= 15 is 0 Å². The molecule has 0 aromatic carbocycles. The molecule has 0 unspecified atom stereocenters. The molecule has 0 bridgehead atoms. The van der Waals surface area contributed by atoms with E-state index in [0.29, 0.717) is 6.54 Å². The molecule has 0 atom stereocenters. The highest BCUT2D eigenvalue weighted by Crippen LogP contribution is 2.30. The molecule has 2 rings (SSSR count). The SMILES string of the molecule is CC(C)(CCCO)CNC(=O)c1csc2c1CCCC2. The summed E-state index contributed by atoms with van der Waals surface area (Å²) in [7, 11) is 0. The topological polar surface area (TPSA) is 49.3 Å². The van der Waals surface area contributed by atoms with Crippen molar-refractivity contribution in [2.24, 2.45) is 5.41 Å². The van der Waals surface area contributed by atoms with Gasteiger partial charge in [0, 0.05) is 23.4 Å². The summed E-state index contributed by atoms with van der Waals surface area (Å²) in [4.78, 5) is 13.7. The molecular weight excluding hydrogens is 270 g/mol. The van der Waals surface area contributed by atoms with Crippen LogP contribution in [0.1, 0.15) is 60.3 Å². The smallest absolute Gasteiger partial charge is 0.252 e. The van der Waals surface area contributed by atoms with Crippen molar-refractivity contribution in [3.05, 3.63) is 21.4 Å². The molecule has 0 spiro atoms. The first-order valence-corrected chi connectivity index (χ1v) is 8.40. The maximum Gasteiger partial charge on any atom is 0.252 e. The van der Waals surface area contributed by atoms with Gasteiger partial charge in [0.05, 0.1) is 5.56 Å². The molecule has 112 valence electrons. The van der Waals surface area contributed by atoms with Gasteiger partial charge in [-0.2, -0.15) is 0 Å². The molecule has 1 aromatic heterocycles. The Labute approximate surface area is 125 Å². The fourth-order valence-electron chi connectivity index (χ4n) is 2.75. The van der Waals surface area contributed by atoms with E-state index in [-0.39, 0.29) is 17.9 Å². The first-order valence-electron chi connectivity index (χ1n) is 7.52. The minimum Gasteiger partial charge on any atom is -0.396 e. The Bertz CT molecular complexity index is 465. The number of hydrogen-bond acceptors (Lipinski definition) is 3. The highest BCUT2D eigenvalue weighted by molar-refractivity contribution is 7.10. The molecule has 1 heterocycles. The molecule has 0 saturated carbocycles. The molecule has 1 aliphatic carbocycles. The molecule has 20 heavy (non-hydrogen) atoms. The second kappa shape index (κ2) is 6.72. The Hall–Kier alpha value is -0.870. The molecule has 4 heteroatoms. The van der Waals surface area contributed by atoms with Gasteiger partial charge in [0.1, 0.15) is 0 Å². The molecule has 1 aromatic rings. The Morgan fingerprint density at radius 1 is 1.40 bits per heavy atom. The second-order valence-electron chi connectivity index (χ2n) is 6.43. The van der Waals surface area contributed by atoms with Crippen LogP contribution in [0.15, 0.2) is 5.38 Å². The summed E-state index contributed by atoms with van der Waals surface area (Å²) in [5.41, 5.74) is 2.21. The van der Waals surface area contributed by atoms with Crippen molar-refractivity contribution in [2.75, 3.05) is 13.2 Å². The predicted octanol–water partition coefficient (Wildman–Crippen LogP) is 3.16. The van der Waals surface area contributed by atoms with Crippen LogP contribution >= 0.6 is 11.3 Å². The fraction of sp³-hybridized carbons (Fsp3) is 0.688. The predicted molar refractivity (Wildman–Crippen MR) is 83.4 cm³/mol. The number of hydrogen-bond donors (Lipinski definition) is 2. The minimum absolute atomic E-state index is 0.0362. The molecule has 0 fully saturated rings.